The molecule has 0 unspecified atom stereocenters. The van der Waals surface area contributed by atoms with E-state index >= 15 is 0 Å². The van der Waals surface area contributed by atoms with Crippen molar-refractivity contribution in [1.82, 2.24) is 4.57 Å². The third kappa shape index (κ3) is 2.34. The lowest BCUT2D eigenvalue weighted by atomic mass is 10.1. The maximum atomic E-state index is 13.1. The van der Waals surface area contributed by atoms with E-state index in [1.807, 2.05) is 0 Å². The molecule has 0 aliphatic carbocycles. The number of para-hydroxylation sites is 1. The molecule has 116 valence electrons. The molecular formula is C17H14FN3O2. The molecule has 1 amide bonds. The number of carbonyl (C=O) groups excluding carboxylic acids is 2. The summed E-state index contributed by atoms with van der Waals surface area (Å²) in [6, 6.07) is 12.2. The van der Waals surface area contributed by atoms with Crippen molar-refractivity contribution >= 4 is 28.5 Å². The van der Waals surface area contributed by atoms with Gasteiger partial charge in [-0.05, 0) is 30.3 Å². The molecule has 0 aliphatic rings. The summed E-state index contributed by atoms with van der Waals surface area (Å²) in [7, 11) is 1.61. The number of nitrogens with one attached hydrogen (secondary N) is 1. The average Bonchev–Trinajstić information content (AvgIpc) is 2.89. The van der Waals surface area contributed by atoms with Crippen LogP contribution in [0.1, 0.15) is 20.7 Å². The molecule has 6 heteroatoms. The molecule has 0 saturated heterocycles. The minimum atomic E-state index is -0.629. The molecule has 1 heterocycles. The molecule has 0 saturated carbocycles. The summed E-state index contributed by atoms with van der Waals surface area (Å²) in [5.74, 6) is -1.12. The fourth-order valence-corrected chi connectivity index (χ4v) is 2.66. The highest BCUT2D eigenvalue weighted by Crippen LogP contribution is 2.30. The number of halogens is 1. The predicted octanol–water partition coefficient (Wildman–Crippen LogP) is 2.61. The molecule has 0 fully saturated rings. The number of amides is 1. The highest BCUT2D eigenvalue weighted by atomic mass is 19.1. The van der Waals surface area contributed by atoms with Crippen LogP contribution in [0, 0.1) is 5.82 Å². The van der Waals surface area contributed by atoms with Crippen molar-refractivity contribution in [3.05, 3.63) is 65.5 Å². The van der Waals surface area contributed by atoms with Gasteiger partial charge in [0.2, 0.25) is 0 Å². The molecule has 0 spiro atoms. The largest absolute Gasteiger partial charge is 0.373 e. The van der Waals surface area contributed by atoms with Crippen molar-refractivity contribution < 1.29 is 14.0 Å². The van der Waals surface area contributed by atoms with Gasteiger partial charge in [0.1, 0.15) is 11.6 Å². The first-order valence-corrected chi connectivity index (χ1v) is 6.96. The number of rotatable bonds is 3. The predicted molar refractivity (Wildman–Crippen MR) is 86.1 cm³/mol. The van der Waals surface area contributed by atoms with Gasteiger partial charge in [-0.25, -0.2) is 4.39 Å². The molecule has 23 heavy (non-hydrogen) atoms. The zero-order chi connectivity index (χ0) is 16.6. The fourth-order valence-electron chi connectivity index (χ4n) is 2.66. The summed E-state index contributed by atoms with van der Waals surface area (Å²) >= 11 is 0. The van der Waals surface area contributed by atoms with Crippen LogP contribution in [0.2, 0.25) is 0 Å². The van der Waals surface area contributed by atoms with Gasteiger partial charge in [0.15, 0.2) is 0 Å². The summed E-state index contributed by atoms with van der Waals surface area (Å²) in [6.07, 6.45) is 0. The van der Waals surface area contributed by atoms with Crippen molar-refractivity contribution in [3.8, 4) is 0 Å². The summed E-state index contributed by atoms with van der Waals surface area (Å²) in [6.45, 7) is 0. The van der Waals surface area contributed by atoms with E-state index in [2.05, 4.69) is 5.32 Å². The Bertz CT molecular complexity index is 913. The number of anilines is 1. The second-order valence-corrected chi connectivity index (χ2v) is 5.00. The van der Waals surface area contributed by atoms with Crippen molar-refractivity contribution in [2.45, 2.75) is 0 Å². The van der Waals surface area contributed by atoms with E-state index in [9.17, 15) is 14.0 Å². The Hall–Kier alpha value is -3.15. The lowest BCUT2D eigenvalue weighted by Crippen LogP contribution is -2.17. The van der Waals surface area contributed by atoms with Crippen LogP contribution in [0.15, 0.2) is 48.5 Å². The molecular weight excluding hydrogens is 297 g/mol. The third-order valence-electron chi connectivity index (χ3n) is 3.65. The number of primary amides is 1. The fraction of sp³-hybridized carbons (Fsp3) is 0.0588. The summed E-state index contributed by atoms with van der Waals surface area (Å²) in [5.41, 5.74) is 6.58. The second-order valence-electron chi connectivity index (χ2n) is 5.00. The molecule has 3 aromatic rings. The van der Waals surface area contributed by atoms with E-state index in [0.29, 0.717) is 22.3 Å². The molecule has 0 atom stereocenters. The van der Waals surface area contributed by atoms with Gasteiger partial charge in [-0.1, -0.05) is 18.2 Å². The highest BCUT2D eigenvalue weighted by Gasteiger charge is 2.24. The van der Waals surface area contributed by atoms with Gasteiger partial charge in [-0.2, -0.15) is 0 Å². The first-order chi connectivity index (χ1) is 11.0. The lowest BCUT2D eigenvalue weighted by molar-refractivity contribution is 0.0967. The van der Waals surface area contributed by atoms with E-state index < -0.39 is 11.7 Å². The van der Waals surface area contributed by atoms with Crippen LogP contribution in [0.4, 0.5) is 10.2 Å². The number of hydrogen-bond donors (Lipinski definition) is 2. The molecule has 0 radical (unpaired) electrons. The van der Waals surface area contributed by atoms with E-state index in [-0.39, 0.29) is 11.5 Å². The van der Waals surface area contributed by atoms with Gasteiger partial charge in [-0.3, -0.25) is 14.2 Å². The van der Waals surface area contributed by atoms with Gasteiger partial charge in [0.25, 0.3) is 11.8 Å². The maximum Gasteiger partial charge on any atom is 0.264 e. The van der Waals surface area contributed by atoms with Gasteiger partial charge < -0.3 is 11.1 Å². The van der Waals surface area contributed by atoms with Crippen molar-refractivity contribution in [3.63, 3.8) is 0 Å². The van der Waals surface area contributed by atoms with E-state index in [1.165, 1.54) is 28.8 Å². The Morgan fingerprint density at radius 2 is 1.74 bits per heavy atom. The number of nitrogens with zero attached hydrogens (tertiary/aromatic N) is 1. The first kappa shape index (κ1) is 14.8. The number of carbonyl (C=O) groups is 2. The van der Waals surface area contributed by atoms with Gasteiger partial charge in [0, 0.05) is 18.0 Å². The van der Waals surface area contributed by atoms with Gasteiger partial charge in [0.05, 0.1) is 11.1 Å². The Kier molecular flexibility index (Phi) is 3.57. The summed E-state index contributed by atoms with van der Waals surface area (Å²) in [4.78, 5) is 24.7. The number of nitrogens with two attached hydrogens (primary N) is 1. The van der Waals surface area contributed by atoms with Crippen LogP contribution in [-0.4, -0.2) is 23.4 Å². The minimum absolute atomic E-state index is 0.249. The van der Waals surface area contributed by atoms with Gasteiger partial charge in [-0.15, -0.1) is 0 Å². The summed E-state index contributed by atoms with van der Waals surface area (Å²) < 4.78 is 14.4. The molecule has 5 nitrogen and oxygen atoms in total. The topological polar surface area (TPSA) is 77.1 Å². The normalized spacial score (nSPS) is 10.7. The zero-order valence-corrected chi connectivity index (χ0v) is 12.3. The van der Waals surface area contributed by atoms with Crippen LogP contribution in [0.5, 0.6) is 0 Å². The first-order valence-electron chi connectivity index (χ1n) is 6.96. The smallest absolute Gasteiger partial charge is 0.264 e. The monoisotopic (exact) mass is 311 g/mol. The molecule has 0 aliphatic heterocycles. The maximum absolute atomic E-state index is 13.1. The van der Waals surface area contributed by atoms with Crippen LogP contribution in [0.25, 0.3) is 10.9 Å². The Morgan fingerprint density at radius 3 is 2.35 bits per heavy atom. The number of aromatic nitrogens is 1. The SMILES string of the molecule is CNc1c(C(N)=O)c2ccccc2n1C(=O)c1ccc(F)cc1. The Labute approximate surface area is 131 Å². The van der Waals surface area contributed by atoms with Crippen molar-refractivity contribution in [2.75, 3.05) is 12.4 Å². The average molecular weight is 311 g/mol. The Morgan fingerprint density at radius 1 is 1.09 bits per heavy atom. The van der Waals surface area contributed by atoms with Crippen molar-refractivity contribution in [2.24, 2.45) is 5.73 Å². The van der Waals surface area contributed by atoms with Crippen LogP contribution < -0.4 is 11.1 Å². The number of hydrogen-bond acceptors (Lipinski definition) is 3. The quantitative estimate of drug-likeness (QED) is 0.780. The van der Waals surface area contributed by atoms with E-state index in [1.54, 1.807) is 31.3 Å². The second kappa shape index (κ2) is 5.57. The van der Waals surface area contributed by atoms with Crippen LogP contribution in [-0.2, 0) is 0 Å². The molecule has 3 rings (SSSR count). The van der Waals surface area contributed by atoms with Crippen LogP contribution in [0.3, 0.4) is 0 Å². The number of benzene rings is 2. The Balaban J connectivity index is 2.30. The van der Waals surface area contributed by atoms with Crippen molar-refractivity contribution in [1.29, 1.82) is 0 Å². The molecule has 1 aromatic heterocycles. The zero-order valence-electron chi connectivity index (χ0n) is 12.3. The highest BCUT2D eigenvalue weighted by molar-refractivity contribution is 6.16. The van der Waals surface area contributed by atoms with Gasteiger partial charge >= 0.3 is 0 Å². The summed E-state index contributed by atoms with van der Waals surface area (Å²) in [5, 5.41) is 3.45. The standard InChI is InChI=1S/C17H14FN3O2/c1-20-16-14(15(19)22)12-4-2-3-5-13(12)21(16)17(23)10-6-8-11(18)9-7-10/h2-9,20H,1H3,(H2,19,22). The minimum Gasteiger partial charge on any atom is -0.373 e. The van der Waals surface area contributed by atoms with Crippen LogP contribution >= 0.6 is 0 Å². The molecule has 0 bridgehead atoms. The van der Waals surface area contributed by atoms with E-state index in [4.69, 9.17) is 5.73 Å². The number of fused-ring (bicyclic) bond motifs is 1. The van der Waals surface area contributed by atoms with E-state index in [0.717, 1.165) is 0 Å². The third-order valence-corrected chi connectivity index (χ3v) is 3.65. The molecule has 3 N–H and O–H groups in total. The molecule has 2 aromatic carbocycles. The lowest BCUT2D eigenvalue weighted by Gasteiger charge is -2.09.